The lowest BCUT2D eigenvalue weighted by atomic mass is 10.1. The summed E-state index contributed by atoms with van der Waals surface area (Å²) in [6, 6.07) is 8.90. The Morgan fingerprint density at radius 2 is 1.71 bits per heavy atom. The largest absolute Gasteiger partial charge is 0.460 e. The van der Waals surface area contributed by atoms with Gasteiger partial charge in [0.1, 0.15) is 10.3 Å². The van der Waals surface area contributed by atoms with E-state index in [-0.39, 0.29) is 10.3 Å². The second kappa shape index (κ2) is 5.97. The van der Waals surface area contributed by atoms with Crippen LogP contribution in [0.25, 0.3) is 22.7 Å². The van der Waals surface area contributed by atoms with E-state index in [0.29, 0.717) is 22.2 Å². The molecule has 0 saturated carbocycles. The molecule has 2 heterocycles. The van der Waals surface area contributed by atoms with Gasteiger partial charge in [-0.2, -0.15) is 0 Å². The smallest absolute Gasteiger partial charge is 0.199 e. The molecule has 1 aromatic carbocycles. The standard InChI is InChI=1S/C14H6BrCl3N2O/c15-9-4-5-21-11(9)14-19-12(17)10(13(18)20-14)7-2-1-3-8(16)6-7/h1-6H. The van der Waals surface area contributed by atoms with Crippen LogP contribution < -0.4 is 0 Å². The predicted molar refractivity (Wildman–Crippen MR) is 87.9 cm³/mol. The van der Waals surface area contributed by atoms with Crippen molar-refractivity contribution < 1.29 is 4.42 Å². The fraction of sp³-hybridized carbons (Fsp3) is 0. The summed E-state index contributed by atoms with van der Waals surface area (Å²) in [5.74, 6) is 0.782. The normalized spacial score (nSPS) is 10.9. The summed E-state index contributed by atoms with van der Waals surface area (Å²) in [4.78, 5) is 8.49. The van der Waals surface area contributed by atoms with E-state index in [1.165, 1.54) is 6.26 Å². The number of hydrogen-bond acceptors (Lipinski definition) is 3. The molecule has 0 saturated heterocycles. The zero-order valence-electron chi connectivity index (χ0n) is 10.3. The molecule has 0 N–H and O–H groups in total. The molecule has 0 amide bonds. The minimum atomic E-state index is 0.232. The lowest BCUT2D eigenvalue weighted by Gasteiger charge is -2.08. The first-order valence-corrected chi connectivity index (χ1v) is 7.71. The molecule has 0 aliphatic carbocycles. The SMILES string of the molecule is Clc1cccc(-c2c(Cl)nc(-c3occc3Br)nc2Cl)c1. The second-order valence-corrected chi connectivity index (χ2v) is 6.12. The Labute approximate surface area is 144 Å². The van der Waals surface area contributed by atoms with Crippen LogP contribution >= 0.6 is 50.7 Å². The zero-order chi connectivity index (χ0) is 15.0. The summed E-state index contributed by atoms with van der Waals surface area (Å²) in [6.45, 7) is 0. The van der Waals surface area contributed by atoms with E-state index < -0.39 is 0 Å². The van der Waals surface area contributed by atoms with Crippen molar-refractivity contribution in [3.05, 3.63) is 56.4 Å². The molecule has 0 spiro atoms. The van der Waals surface area contributed by atoms with Gasteiger partial charge in [-0.3, -0.25) is 0 Å². The van der Waals surface area contributed by atoms with E-state index in [2.05, 4.69) is 25.9 Å². The molecule has 3 rings (SSSR count). The molecule has 0 radical (unpaired) electrons. The van der Waals surface area contributed by atoms with Gasteiger partial charge in [0, 0.05) is 5.02 Å². The number of rotatable bonds is 2. The van der Waals surface area contributed by atoms with E-state index in [9.17, 15) is 0 Å². The first-order valence-electron chi connectivity index (χ1n) is 5.78. The molecule has 106 valence electrons. The highest BCUT2D eigenvalue weighted by Crippen LogP contribution is 2.36. The number of furan rings is 1. The van der Waals surface area contributed by atoms with Gasteiger partial charge in [0.15, 0.2) is 11.6 Å². The molecule has 0 atom stereocenters. The molecule has 0 aliphatic heterocycles. The van der Waals surface area contributed by atoms with Crippen molar-refractivity contribution in [2.45, 2.75) is 0 Å². The van der Waals surface area contributed by atoms with E-state index in [1.54, 1.807) is 24.3 Å². The van der Waals surface area contributed by atoms with Crippen LogP contribution in [0.2, 0.25) is 15.3 Å². The third kappa shape index (κ3) is 2.94. The van der Waals surface area contributed by atoms with Gasteiger partial charge < -0.3 is 4.42 Å². The highest BCUT2D eigenvalue weighted by molar-refractivity contribution is 9.10. The monoisotopic (exact) mass is 402 g/mol. The fourth-order valence-electron chi connectivity index (χ4n) is 1.84. The maximum atomic E-state index is 6.26. The number of aromatic nitrogens is 2. The topological polar surface area (TPSA) is 38.9 Å². The van der Waals surface area contributed by atoms with Gasteiger partial charge in [-0.25, -0.2) is 9.97 Å². The lowest BCUT2D eigenvalue weighted by molar-refractivity contribution is 0.576. The van der Waals surface area contributed by atoms with E-state index in [1.807, 2.05) is 6.07 Å². The summed E-state index contributed by atoms with van der Waals surface area (Å²) < 4.78 is 6.04. The number of halogens is 4. The number of nitrogens with zero attached hydrogens (tertiary/aromatic N) is 2. The quantitative estimate of drug-likeness (QED) is 0.483. The van der Waals surface area contributed by atoms with Crippen LogP contribution in [0.15, 0.2) is 45.5 Å². The zero-order valence-corrected chi connectivity index (χ0v) is 14.1. The van der Waals surface area contributed by atoms with Crippen molar-refractivity contribution >= 4 is 50.7 Å². The highest BCUT2D eigenvalue weighted by atomic mass is 79.9. The lowest BCUT2D eigenvalue weighted by Crippen LogP contribution is -1.94. The van der Waals surface area contributed by atoms with Crippen LogP contribution in [0.3, 0.4) is 0 Å². The Kier molecular flexibility index (Phi) is 4.22. The molecule has 0 aliphatic rings. The Hall–Kier alpha value is -1.07. The van der Waals surface area contributed by atoms with Crippen molar-refractivity contribution in [1.82, 2.24) is 9.97 Å². The van der Waals surface area contributed by atoms with Crippen LogP contribution in [0.1, 0.15) is 0 Å². The summed E-state index contributed by atoms with van der Waals surface area (Å²) in [7, 11) is 0. The van der Waals surface area contributed by atoms with Crippen molar-refractivity contribution in [1.29, 1.82) is 0 Å². The molecule has 0 bridgehead atoms. The number of hydrogen-bond donors (Lipinski definition) is 0. The molecular formula is C14H6BrCl3N2O. The molecule has 21 heavy (non-hydrogen) atoms. The maximum absolute atomic E-state index is 6.26. The average Bonchev–Trinajstić information content (AvgIpc) is 2.84. The Bertz CT molecular complexity index is 796. The summed E-state index contributed by atoms with van der Waals surface area (Å²) >= 11 is 21.8. The third-order valence-electron chi connectivity index (χ3n) is 2.75. The van der Waals surface area contributed by atoms with Crippen LogP contribution in [-0.4, -0.2) is 9.97 Å². The molecule has 3 aromatic rings. The van der Waals surface area contributed by atoms with Gasteiger partial charge in [-0.05, 0) is 39.7 Å². The van der Waals surface area contributed by atoms with E-state index in [4.69, 9.17) is 39.2 Å². The van der Waals surface area contributed by atoms with Crippen molar-refractivity contribution in [3.8, 4) is 22.7 Å². The molecule has 2 aromatic heterocycles. The molecule has 0 unspecified atom stereocenters. The predicted octanol–water partition coefficient (Wildman–Crippen LogP) is 6.13. The van der Waals surface area contributed by atoms with Crippen molar-refractivity contribution in [2.75, 3.05) is 0 Å². The van der Waals surface area contributed by atoms with E-state index in [0.717, 1.165) is 10.0 Å². The van der Waals surface area contributed by atoms with Crippen LogP contribution in [0.4, 0.5) is 0 Å². The highest BCUT2D eigenvalue weighted by Gasteiger charge is 2.18. The van der Waals surface area contributed by atoms with E-state index >= 15 is 0 Å². The van der Waals surface area contributed by atoms with Crippen LogP contribution in [-0.2, 0) is 0 Å². The Morgan fingerprint density at radius 1 is 1.00 bits per heavy atom. The van der Waals surface area contributed by atoms with Gasteiger partial charge in [-0.1, -0.05) is 46.9 Å². The van der Waals surface area contributed by atoms with Gasteiger partial charge in [0.2, 0.25) is 0 Å². The Morgan fingerprint density at radius 3 is 2.29 bits per heavy atom. The average molecular weight is 404 g/mol. The van der Waals surface area contributed by atoms with Crippen LogP contribution in [0, 0.1) is 0 Å². The first-order chi connectivity index (χ1) is 10.1. The van der Waals surface area contributed by atoms with Gasteiger partial charge >= 0.3 is 0 Å². The number of benzene rings is 1. The summed E-state index contributed by atoms with van der Waals surface area (Å²) in [5, 5.41) is 1.05. The minimum Gasteiger partial charge on any atom is -0.460 e. The molecule has 3 nitrogen and oxygen atoms in total. The van der Waals surface area contributed by atoms with Crippen molar-refractivity contribution in [3.63, 3.8) is 0 Å². The Balaban J connectivity index is 2.15. The van der Waals surface area contributed by atoms with Crippen LogP contribution in [0.5, 0.6) is 0 Å². The van der Waals surface area contributed by atoms with Gasteiger partial charge in [0.05, 0.1) is 16.3 Å². The summed E-state index contributed by atoms with van der Waals surface area (Å²) in [5.41, 5.74) is 1.29. The van der Waals surface area contributed by atoms with Gasteiger partial charge in [0.25, 0.3) is 0 Å². The van der Waals surface area contributed by atoms with Crippen molar-refractivity contribution in [2.24, 2.45) is 0 Å². The fourth-order valence-corrected chi connectivity index (χ4v) is 3.02. The maximum Gasteiger partial charge on any atom is 0.199 e. The molecule has 0 fully saturated rings. The third-order valence-corrected chi connectivity index (χ3v) is 4.16. The van der Waals surface area contributed by atoms with Gasteiger partial charge in [-0.15, -0.1) is 0 Å². The first kappa shape index (κ1) is 14.9. The molecule has 7 heteroatoms. The second-order valence-electron chi connectivity index (χ2n) is 4.11. The summed E-state index contributed by atoms with van der Waals surface area (Å²) in [6.07, 6.45) is 1.52. The molecular weight excluding hydrogens is 398 g/mol. The minimum absolute atomic E-state index is 0.232.